The van der Waals surface area contributed by atoms with Crippen LogP contribution >= 0.6 is 0 Å². The van der Waals surface area contributed by atoms with E-state index in [9.17, 15) is 13.2 Å². The molecule has 1 aromatic rings. The molecule has 1 fully saturated rings. The number of hydrogen-bond donors (Lipinski definition) is 1. The molecule has 1 aliphatic heterocycles. The monoisotopic (exact) mass is 288 g/mol. The zero-order valence-corrected chi connectivity index (χ0v) is 11.4. The van der Waals surface area contributed by atoms with E-state index in [0.717, 1.165) is 6.07 Å². The Labute approximate surface area is 116 Å². The summed E-state index contributed by atoms with van der Waals surface area (Å²) in [4.78, 5) is 2.09. The highest BCUT2D eigenvalue weighted by molar-refractivity contribution is 5.28. The molecule has 2 N–H and O–H groups in total. The normalized spacial score (nSPS) is 22.8. The van der Waals surface area contributed by atoms with Gasteiger partial charge in [-0.3, -0.25) is 4.90 Å². The summed E-state index contributed by atoms with van der Waals surface area (Å²) in [5.74, 6) is 0. The maximum atomic E-state index is 12.8. The summed E-state index contributed by atoms with van der Waals surface area (Å²) in [6.45, 7) is 4.18. The summed E-state index contributed by atoms with van der Waals surface area (Å²) in [6.07, 6.45) is -4.25. The Kier molecular flexibility index (Phi) is 4.67. The van der Waals surface area contributed by atoms with Gasteiger partial charge >= 0.3 is 6.18 Å². The van der Waals surface area contributed by atoms with Gasteiger partial charge in [-0.2, -0.15) is 13.2 Å². The second-order valence-electron chi connectivity index (χ2n) is 5.05. The number of nitrogens with zero attached hydrogens (tertiary/aromatic N) is 1. The minimum absolute atomic E-state index is 0.0728. The predicted octanol–water partition coefficient (Wildman–Crippen LogP) is 2.43. The van der Waals surface area contributed by atoms with E-state index in [1.807, 2.05) is 6.92 Å². The maximum Gasteiger partial charge on any atom is 0.416 e. The highest BCUT2D eigenvalue weighted by atomic mass is 19.4. The number of alkyl halides is 3. The zero-order valence-electron chi connectivity index (χ0n) is 11.4. The number of rotatable bonds is 3. The minimum atomic E-state index is -4.33. The van der Waals surface area contributed by atoms with Crippen molar-refractivity contribution in [1.29, 1.82) is 0 Å². The SMILES string of the molecule is CC1CN(C(CN)c2cccc(C(F)(F)F)c2)CCO1. The first-order chi connectivity index (χ1) is 9.41. The van der Waals surface area contributed by atoms with E-state index in [1.54, 1.807) is 6.07 Å². The van der Waals surface area contributed by atoms with Gasteiger partial charge in [0.15, 0.2) is 0 Å². The fourth-order valence-corrected chi connectivity index (χ4v) is 2.55. The number of nitrogens with two attached hydrogens (primary N) is 1. The van der Waals surface area contributed by atoms with Gasteiger partial charge in [-0.25, -0.2) is 0 Å². The van der Waals surface area contributed by atoms with Gasteiger partial charge in [0.2, 0.25) is 0 Å². The van der Waals surface area contributed by atoms with E-state index in [-0.39, 0.29) is 18.7 Å². The van der Waals surface area contributed by atoms with Crippen LogP contribution in [-0.2, 0) is 10.9 Å². The number of hydrogen-bond acceptors (Lipinski definition) is 3. The summed E-state index contributed by atoms with van der Waals surface area (Å²) in [5.41, 5.74) is 5.75. The van der Waals surface area contributed by atoms with Gasteiger partial charge in [0.1, 0.15) is 0 Å². The van der Waals surface area contributed by atoms with Crippen molar-refractivity contribution < 1.29 is 17.9 Å². The second-order valence-corrected chi connectivity index (χ2v) is 5.05. The van der Waals surface area contributed by atoms with Crippen LogP contribution in [0.15, 0.2) is 24.3 Å². The molecular weight excluding hydrogens is 269 g/mol. The van der Waals surface area contributed by atoms with Gasteiger partial charge in [0.25, 0.3) is 0 Å². The highest BCUT2D eigenvalue weighted by Crippen LogP contribution is 2.32. The Morgan fingerprint density at radius 2 is 2.20 bits per heavy atom. The van der Waals surface area contributed by atoms with Crippen LogP contribution in [0.2, 0.25) is 0 Å². The molecule has 1 aromatic carbocycles. The van der Waals surface area contributed by atoms with Crippen molar-refractivity contribution in [2.45, 2.75) is 25.2 Å². The van der Waals surface area contributed by atoms with E-state index in [1.165, 1.54) is 12.1 Å². The van der Waals surface area contributed by atoms with Gasteiger partial charge in [0, 0.05) is 25.7 Å². The summed E-state index contributed by atoms with van der Waals surface area (Å²) in [5, 5.41) is 0. The van der Waals surface area contributed by atoms with E-state index in [4.69, 9.17) is 10.5 Å². The van der Waals surface area contributed by atoms with E-state index in [0.29, 0.717) is 25.3 Å². The van der Waals surface area contributed by atoms with Gasteiger partial charge < -0.3 is 10.5 Å². The summed E-state index contributed by atoms with van der Waals surface area (Å²) in [6, 6.07) is 5.21. The van der Waals surface area contributed by atoms with Crippen LogP contribution in [0.25, 0.3) is 0 Å². The van der Waals surface area contributed by atoms with Crippen molar-refractivity contribution in [2.24, 2.45) is 5.73 Å². The second kappa shape index (κ2) is 6.11. The third kappa shape index (κ3) is 3.50. The quantitative estimate of drug-likeness (QED) is 0.928. The van der Waals surface area contributed by atoms with Gasteiger partial charge in [-0.05, 0) is 24.6 Å². The average molecular weight is 288 g/mol. The molecule has 0 amide bonds. The first-order valence-electron chi connectivity index (χ1n) is 6.64. The summed E-state index contributed by atoms with van der Waals surface area (Å²) in [7, 11) is 0. The summed E-state index contributed by atoms with van der Waals surface area (Å²) < 4.78 is 43.8. The largest absolute Gasteiger partial charge is 0.416 e. The first kappa shape index (κ1) is 15.3. The standard InChI is InChI=1S/C14H19F3N2O/c1-10-9-19(5-6-20-10)13(8-18)11-3-2-4-12(7-11)14(15,16)17/h2-4,7,10,13H,5-6,8-9,18H2,1H3. The van der Waals surface area contributed by atoms with Crippen molar-refractivity contribution in [3.63, 3.8) is 0 Å². The molecule has 3 nitrogen and oxygen atoms in total. The fraction of sp³-hybridized carbons (Fsp3) is 0.571. The number of halogens is 3. The van der Waals surface area contributed by atoms with Crippen molar-refractivity contribution in [3.8, 4) is 0 Å². The Morgan fingerprint density at radius 1 is 1.45 bits per heavy atom. The van der Waals surface area contributed by atoms with Gasteiger partial charge in [-0.1, -0.05) is 12.1 Å². The Bertz CT molecular complexity index is 450. The van der Waals surface area contributed by atoms with Crippen molar-refractivity contribution in [3.05, 3.63) is 35.4 Å². The van der Waals surface area contributed by atoms with Crippen LogP contribution < -0.4 is 5.73 Å². The molecular formula is C14H19F3N2O. The first-order valence-corrected chi connectivity index (χ1v) is 6.64. The molecule has 2 rings (SSSR count). The van der Waals surface area contributed by atoms with E-state index >= 15 is 0 Å². The number of morpholine rings is 1. The molecule has 20 heavy (non-hydrogen) atoms. The molecule has 6 heteroatoms. The van der Waals surface area contributed by atoms with Crippen LogP contribution in [0.3, 0.4) is 0 Å². The molecule has 0 bridgehead atoms. The average Bonchev–Trinajstić information content (AvgIpc) is 2.39. The molecule has 2 atom stereocenters. The lowest BCUT2D eigenvalue weighted by Crippen LogP contribution is -2.45. The topological polar surface area (TPSA) is 38.5 Å². The molecule has 1 saturated heterocycles. The fourth-order valence-electron chi connectivity index (χ4n) is 2.55. The third-order valence-electron chi connectivity index (χ3n) is 3.54. The smallest absolute Gasteiger partial charge is 0.376 e. The molecule has 0 aliphatic carbocycles. The van der Waals surface area contributed by atoms with Crippen LogP contribution in [0.4, 0.5) is 13.2 Å². The van der Waals surface area contributed by atoms with Crippen molar-refractivity contribution in [1.82, 2.24) is 4.90 Å². The molecule has 112 valence electrons. The van der Waals surface area contributed by atoms with E-state index in [2.05, 4.69) is 4.90 Å². The molecule has 0 radical (unpaired) electrons. The van der Waals surface area contributed by atoms with Crippen molar-refractivity contribution >= 4 is 0 Å². The minimum Gasteiger partial charge on any atom is -0.376 e. The van der Waals surface area contributed by atoms with Crippen LogP contribution in [0.1, 0.15) is 24.1 Å². The maximum absolute atomic E-state index is 12.8. The lowest BCUT2D eigenvalue weighted by Gasteiger charge is -2.37. The van der Waals surface area contributed by atoms with Crippen molar-refractivity contribution in [2.75, 3.05) is 26.2 Å². The van der Waals surface area contributed by atoms with Crippen LogP contribution in [0.5, 0.6) is 0 Å². The molecule has 2 unspecified atom stereocenters. The molecule has 0 saturated carbocycles. The summed E-state index contributed by atoms with van der Waals surface area (Å²) >= 11 is 0. The lowest BCUT2D eigenvalue weighted by molar-refractivity contribution is -0.137. The Balaban J connectivity index is 2.23. The number of ether oxygens (including phenoxy) is 1. The van der Waals surface area contributed by atoms with Crippen LogP contribution in [0, 0.1) is 0 Å². The highest BCUT2D eigenvalue weighted by Gasteiger charge is 2.32. The predicted molar refractivity (Wildman–Crippen MR) is 70.2 cm³/mol. The third-order valence-corrected chi connectivity index (χ3v) is 3.54. The van der Waals surface area contributed by atoms with E-state index < -0.39 is 11.7 Å². The molecule has 0 spiro atoms. The zero-order chi connectivity index (χ0) is 14.8. The lowest BCUT2D eigenvalue weighted by atomic mass is 10.0. The molecule has 1 heterocycles. The Hall–Kier alpha value is -1.11. The van der Waals surface area contributed by atoms with Gasteiger partial charge in [-0.15, -0.1) is 0 Å². The number of benzene rings is 1. The Morgan fingerprint density at radius 3 is 2.80 bits per heavy atom. The van der Waals surface area contributed by atoms with Gasteiger partial charge in [0.05, 0.1) is 18.3 Å². The molecule has 1 aliphatic rings. The van der Waals surface area contributed by atoms with Crippen LogP contribution in [-0.4, -0.2) is 37.2 Å². The molecule has 0 aromatic heterocycles.